The molecular formula is C11H20N2O2. The molecule has 0 aromatic heterocycles. The first-order valence-electron chi connectivity index (χ1n) is 5.82. The SMILES string of the molecule is CC1CC(N)CCN1C(=O)C1CCOC1. The van der Waals surface area contributed by atoms with Crippen molar-refractivity contribution in [3.05, 3.63) is 0 Å². The van der Waals surface area contributed by atoms with Crippen LogP contribution in [0.15, 0.2) is 0 Å². The molecule has 2 rings (SSSR count). The van der Waals surface area contributed by atoms with Crippen LogP contribution in [0.2, 0.25) is 0 Å². The molecule has 3 unspecified atom stereocenters. The van der Waals surface area contributed by atoms with Gasteiger partial charge in [0.1, 0.15) is 0 Å². The zero-order valence-corrected chi connectivity index (χ0v) is 9.32. The van der Waals surface area contributed by atoms with Crippen LogP contribution >= 0.6 is 0 Å². The van der Waals surface area contributed by atoms with Crippen molar-refractivity contribution in [3.8, 4) is 0 Å². The summed E-state index contributed by atoms with van der Waals surface area (Å²) in [7, 11) is 0. The van der Waals surface area contributed by atoms with E-state index in [0.29, 0.717) is 12.6 Å². The summed E-state index contributed by atoms with van der Waals surface area (Å²) in [5.41, 5.74) is 5.88. The molecule has 2 fully saturated rings. The fourth-order valence-electron chi connectivity index (χ4n) is 2.50. The molecule has 0 aliphatic carbocycles. The van der Waals surface area contributed by atoms with Crippen molar-refractivity contribution in [1.82, 2.24) is 4.90 Å². The van der Waals surface area contributed by atoms with E-state index in [2.05, 4.69) is 6.92 Å². The third-order valence-corrected chi connectivity index (χ3v) is 3.48. The highest BCUT2D eigenvalue weighted by Crippen LogP contribution is 2.22. The number of carbonyl (C=O) groups is 1. The number of hydrogen-bond acceptors (Lipinski definition) is 3. The maximum atomic E-state index is 12.1. The van der Waals surface area contributed by atoms with Crippen molar-refractivity contribution in [2.75, 3.05) is 19.8 Å². The minimum Gasteiger partial charge on any atom is -0.381 e. The first-order chi connectivity index (χ1) is 7.18. The molecule has 2 heterocycles. The maximum absolute atomic E-state index is 12.1. The maximum Gasteiger partial charge on any atom is 0.228 e. The largest absolute Gasteiger partial charge is 0.381 e. The standard InChI is InChI=1S/C11H20N2O2/c1-8-6-10(12)2-4-13(8)11(14)9-3-5-15-7-9/h8-10H,2-7,12H2,1H3. The van der Waals surface area contributed by atoms with Gasteiger partial charge < -0.3 is 15.4 Å². The van der Waals surface area contributed by atoms with Crippen LogP contribution in [0, 0.1) is 5.92 Å². The van der Waals surface area contributed by atoms with E-state index in [1.165, 1.54) is 0 Å². The van der Waals surface area contributed by atoms with Crippen LogP contribution in [0.1, 0.15) is 26.2 Å². The number of carbonyl (C=O) groups excluding carboxylic acids is 1. The molecule has 0 radical (unpaired) electrons. The smallest absolute Gasteiger partial charge is 0.228 e. The molecule has 0 saturated carbocycles. The van der Waals surface area contributed by atoms with Crippen LogP contribution in [-0.4, -0.2) is 42.6 Å². The number of amides is 1. The molecule has 0 spiro atoms. The topological polar surface area (TPSA) is 55.6 Å². The Morgan fingerprint density at radius 2 is 2.27 bits per heavy atom. The zero-order valence-electron chi connectivity index (χ0n) is 9.32. The lowest BCUT2D eigenvalue weighted by atomic mass is 9.96. The Bertz CT molecular complexity index is 239. The van der Waals surface area contributed by atoms with E-state index in [4.69, 9.17) is 10.5 Å². The Kier molecular flexibility index (Phi) is 3.26. The van der Waals surface area contributed by atoms with Crippen LogP contribution < -0.4 is 5.73 Å². The molecule has 1 amide bonds. The van der Waals surface area contributed by atoms with E-state index in [-0.39, 0.29) is 17.9 Å². The van der Waals surface area contributed by atoms with Gasteiger partial charge in [-0.05, 0) is 26.2 Å². The number of hydrogen-bond donors (Lipinski definition) is 1. The van der Waals surface area contributed by atoms with Gasteiger partial charge in [0, 0.05) is 25.2 Å². The Morgan fingerprint density at radius 1 is 1.47 bits per heavy atom. The lowest BCUT2D eigenvalue weighted by molar-refractivity contribution is -0.139. The lowest BCUT2D eigenvalue weighted by Gasteiger charge is -2.37. The van der Waals surface area contributed by atoms with Crippen molar-refractivity contribution in [3.63, 3.8) is 0 Å². The van der Waals surface area contributed by atoms with Crippen molar-refractivity contribution in [2.45, 2.75) is 38.3 Å². The Hall–Kier alpha value is -0.610. The van der Waals surface area contributed by atoms with Crippen LogP contribution in [0.3, 0.4) is 0 Å². The second-order valence-corrected chi connectivity index (χ2v) is 4.73. The van der Waals surface area contributed by atoms with Crippen LogP contribution in [0.25, 0.3) is 0 Å². The number of piperidine rings is 1. The third-order valence-electron chi connectivity index (χ3n) is 3.48. The van der Waals surface area contributed by atoms with Crippen molar-refractivity contribution in [1.29, 1.82) is 0 Å². The van der Waals surface area contributed by atoms with E-state index >= 15 is 0 Å². The van der Waals surface area contributed by atoms with E-state index in [1.807, 2.05) is 4.90 Å². The summed E-state index contributed by atoms with van der Waals surface area (Å²) in [5, 5.41) is 0. The molecular weight excluding hydrogens is 192 g/mol. The number of rotatable bonds is 1. The lowest BCUT2D eigenvalue weighted by Crippen LogP contribution is -2.50. The number of ether oxygens (including phenoxy) is 1. The second kappa shape index (κ2) is 4.49. The normalized spacial score (nSPS) is 36.9. The monoisotopic (exact) mass is 212 g/mol. The van der Waals surface area contributed by atoms with Gasteiger partial charge >= 0.3 is 0 Å². The van der Waals surface area contributed by atoms with Crippen molar-refractivity contribution in [2.24, 2.45) is 11.7 Å². The number of nitrogens with two attached hydrogens (primary N) is 1. The highest BCUT2D eigenvalue weighted by atomic mass is 16.5. The molecule has 15 heavy (non-hydrogen) atoms. The van der Waals surface area contributed by atoms with Crippen molar-refractivity contribution < 1.29 is 9.53 Å². The quantitative estimate of drug-likeness (QED) is 0.683. The summed E-state index contributed by atoms with van der Waals surface area (Å²) in [6.45, 7) is 4.25. The third kappa shape index (κ3) is 2.32. The summed E-state index contributed by atoms with van der Waals surface area (Å²) in [6.07, 6.45) is 2.75. The minimum atomic E-state index is 0.0989. The predicted octanol–water partition coefficient (Wildman–Crippen LogP) is 0.361. The Balaban J connectivity index is 1.94. The summed E-state index contributed by atoms with van der Waals surface area (Å²) < 4.78 is 5.25. The first-order valence-corrected chi connectivity index (χ1v) is 5.82. The van der Waals surface area contributed by atoms with Crippen LogP contribution in [0.5, 0.6) is 0 Å². The summed E-state index contributed by atoms with van der Waals surface area (Å²) in [5.74, 6) is 0.369. The summed E-state index contributed by atoms with van der Waals surface area (Å²) in [6, 6.07) is 0.561. The van der Waals surface area contributed by atoms with Gasteiger partial charge in [0.2, 0.25) is 5.91 Å². The molecule has 0 aromatic carbocycles. The molecule has 3 atom stereocenters. The van der Waals surface area contributed by atoms with Gasteiger partial charge in [-0.1, -0.05) is 0 Å². The second-order valence-electron chi connectivity index (χ2n) is 4.73. The van der Waals surface area contributed by atoms with Gasteiger partial charge in [-0.25, -0.2) is 0 Å². The molecule has 0 aromatic rings. The van der Waals surface area contributed by atoms with Crippen molar-refractivity contribution >= 4 is 5.91 Å². The van der Waals surface area contributed by atoms with Gasteiger partial charge in [0.05, 0.1) is 12.5 Å². The van der Waals surface area contributed by atoms with Gasteiger partial charge in [-0.2, -0.15) is 0 Å². The van der Waals surface area contributed by atoms with E-state index in [1.54, 1.807) is 0 Å². The van der Waals surface area contributed by atoms with E-state index in [9.17, 15) is 4.79 Å². The van der Waals surface area contributed by atoms with Crippen LogP contribution in [-0.2, 0) is 9.53 Å². The Labute approximate surface area is 90.8 Å². The van der Waals surface area contributed by atoms with Gasteiger partial charge in [0.25, 0.3) is 0 Å². The zero-order chi connectivity index (χ0) is 10.8. The average molecular weight is 212 g/mol. The molecule has 86 valence electrons. The first kappa shape index (κ1) is 10.9. The molecule has 4 heteroatoms. The van der Waals surface area contributed by atoms with Gasteiger partial charge in [-0.15, -0.1) is 0 Å². The highest BCUT2D eigenvalue weighted by Gasteiger charge is 2.33. The molecule has 0 bridgehead atoms. The fraction of sp³-hybridized carbons (Fsp3) is 0.909. The predicted molar refractivity (Wildman–Crippen MR) is 57.3 cm³/mol. The molecule has 4 nitrogen and oxygen atoms in total. The average Bonchev–Trinajstić information content (AvgIpc) is 2.69. The summed E-state index contributed by atoms with van der Waals surface area (Å²) >= 11 is 0. The van der Waals surface area contributed by atoms with Gasteiger partial charge in [0.15, 0.2) is 0 Å². The fourth-order valence-corrected chi connectivity index (χ4v) is 2.50. The number of nitrogens with zero attached hydrogens (tertiary/aromatic N) is 1. The van der Waals surface area contributed by atoms with Crippen LogP contribution in [0.4, 0.5) is 0 Å². The minimum absolute atomic E-state index is 0.0989. The molecule has 2 aliphatic rings. The number of likely N-dealkylation sites (tertiary alicyclic amines) is 1. The van der Waals surface area contributed by atoms with E-state index < -0.39 is 0 Å². The van der Waals surface area contributed by atoms with E-state index in [0.717, 1.165) is 32.4 Å². The highest BCUT2D eigenvalue weighted by molar-refractivity contribution is 5.79. The molecule has 2 saturated heterocycles. The Morgan fingerprint density at radius 3 is 2.87 bits per heavy atom. The molecule has 2 aliphatic heterocycles. The summed E-state index contributed by atoms with van der Waals surface area (Å²) in [4.78, 5) is 14.1. The molecule has 2 N–H and O–H groups in total. The van der Waals surface area contributed by atoms with Gasteiger partial charge in [-0.3, -0.25) is 4.79 Å².